The molecule has 0 radical (unpaired) electrons. The number of piperidine rings is 1. The van der Waals surface area contributed by atoms with Crippen molar-refractivity contribution in [2.45, 2.75) is 37.8 Å². The lowest BCUT2D eigenvalue weighted by molar-refractivity contribution is 0.108. The van der Waals surface area contributed by atoms with Crippen molar-refractivity contribution in [3.63, 3.8) is 0 Å². The van der Waals surface area contributed by atoms with Crippen molar-refractivity contribution >= 4 is 0 Å². The second-order valence-electron chi connectivity index (χ2n) is 5.56. The van der Waals surface area contributed by atoms with Crippen molar-refractivity contribution in [1.29, 1.82) is 0 Å². The molecule has 2 fully saturated rings. The van der Waals surface area contributed by atoms with Crippen molar-refractivity contribution in [2.24, 2.45) is 0 Å². The number of rotatable bonds is 2. The van der Waals surface area contributed by atoms with Gasteiger partial charge in [-0.15, -0.1) is 0 Å². The Labute approximate surface area is 109 Å². The summed E-state index contributed by atoms with van der Waals surface area (Å²) < 4.78 is 0. The largest absolute Gasteiger partial charge is 0.306 e. The summed E-state index contributed by atoms with van der Waals surface area (Å²) >= 11 is 0. The lowest BCUT2D eigenvalue weighted by Crippen LogP contribution is -2.43. The molecule has 18 heavy (non-hydrogen) atoms. The molecule has 4 heteroatoms. The highest BCUT2D eigenvalue weighted by Crippen LogP contribution is 2.34. The van der Waals surface area contributed by atoms with E-state index in [0.29, 0.717) is 6.04 Å². The minimum absolute atomic E-state index is 0.507. The van der Waals surface area contributed by atoms with E-state index in [2.05, 4.69) is 26.8 Å². The van der Waals surface area contributed by atoms with Gasteiger partial charge in [0.1, 0.15) is 0 Å². The third-order valence-corrected chi connectivity index (χ3v) is 4.38. The van der Waals surface area contributed by atoms with Gasteiger partial charge in [-0.25, -0.2) is 0 Å². The molecule has 0 amide bonds. The second-order valence-corrected chi connectivity index (χ2v) is 5.56. The molecule has 0 spiro atoms. The number of hydrogen-bond acceptors (Lipinski definition) is 4. The summed E-state index contributed by atoms with van der Waals surface area (Å²) in [5.74, 6) is 0. The first-order chi connectivity index (χ1) is 8.84. The standard InChI is InChI=1S/C14H22N4/c1-17-9-4-12(5-10-17)18-8-2-3-14(18)13-11-15-6-7-16-13/h6-7,11-12,14H,2-5,8-10H2,1H3/t14-/m0/s1. The number of likely N-dealkylation sites (tertiary alicyclic amines) is 2. The fourth-order valence-corrected chi connectivity index (χ4v) is 3.35. The normalized spacial score (nSPS) is 27.7. The summed E-state index contributed by atoms with van der Waals surface area (Å²) in [6, 6.07) is 1.25. The smallest absolute Gasteiger partial charge is 0.0758 e. The molecular weight excluding hydrogens is 224 g/mol. The summed E-state index contributed by atoms with van der Waals surface area (Å²) in [6.07, 6.45) is 10.7. The van der Waals surface area contributed by atoms with Crippen LogP contribution in [-0.2, 0) is 0 Å². The SMILES string of the molecule is CN1CCC(N2CCC[C@H]2c2cnccn2)CC1. The number of aromatic nitrogens is 2. The third kappa shape index (κ3) is 2.40. The average Bonchev–Trinajstić information content (AvgIpc) is 2.90. The number of nitrogens with zero attached hydrogens (tertiary/aromatic N) is 4. The van der Waals surface area contributed by atoms with Crippen LogP contribution in [0.5, 0.6) is 0 Å². The first-order valence-corrected chi connectivity index (χ1v) is 7.05. The Morgan fingerprint density at radius 2 is 1.94 bits per heavy atom. The van der Waals surface area contributed by atoms with E-state index < -0.39 is 0 Å². The Morgan fingerprint density at radius 1 is 1.11 bits per heavy atom. The van der Waals surface area contributed by atoms with Crippen molar-refractivity contribution < 1.29 is 0 Å². The van der Waals surface area contributed by atoms with Crippen LogP contribution in [-0.4, -0.2) is 52.5 Å². The van der Waals surface area contributed by atoms with Gasteiger partial charge < -0.3 is 4.90 Å². The Balaban J connectivity index is 1.71. The van der Waals surface area contributed by atoms with Gasteiger partial charge in [0.15, 0.2) is 0 Å². The molecule has 0 saturated carbocycles. The Kier molecular flexibility index (Phi) is 3.57. The minimum Gasteiger partial charge on any atom is -0.306 e. The van der Waals surface area contributed by atoms with E-state index in [4.69, 9.17) is 0 Å². The van der Waals surface area contributed by atoms with Crippen LogP contribution < -0.4 is 0 Å². The van der Waals surface area contributed by atoms with E-state index >= 15 is 0 Å². The molecule has 1 aromatic rings. The molecule has 0 N–H and O–H groups in total. The zero-order chi connectivity index (χ0) is 12.4. The van der Waals surface area contributed by atoms with Gasteiger partial charge in [-0.05, 0) is 52.4 Å². The fourth-order valence-electron chi connectivity index (χ4n) is 3.35. The molecule has 3 rings (SSSR count). The first kappa shape index (κ1) is 12.1. The van der Waals surface area contributed by atoms with Gasteiger partial charge in [-0.2, -0.15) is 0 Å². The molecular formula is C14H22N4. The molecule has 2 saturated heterocycles. The predicted octanol–water partition coefficient (Wildman–Crippen LogP) is 1.71. The predicted molar refractivity (Wildman–Crippen MR) is 71.2 cm³/mol. The molecule has 4 nitrogen and oxygen atoms in total. The Hall–Kier alpha value is -1.00. The molecule has 1 atom stereocenters. The minimum atomic E-state index is 0.507. The molecule has 2 aliphatic heterocycles. The highest BCUT2D eigenvalue weighted by atomic mass is 15.2. The molecule has 2 aliphatic rings. The zero-order valence-corrected chi connectivity index (χ0v) is 11.1. The van der Waals surface area contributed by atoms with Gasteiger partial charge in [-0.1, -0.05) is 0 Å². The van der Waals surface area contributed by atoms with E-state index in [1.807, 2.05) is 12.4 Å². The van der Waals surface area contributed by atoms with Crippen molar-refractivity contribution in [2.75, 3.05) is 26.7 Å². The third-order valence-electron chi connectivity index (χ3n) is 4.38. The fraction of sp³-hybridized carbons (Fsp3) is 0.714. The molecule has 3 heterocycles. The maximum absolute atomic E-state index is 4.51. The van der Waals surface area contributed by atoms with Crippen molar-refractivity contribution in [3.8, 4) is 0 Å². The monoisotopic (exact) mass is 246 g/mol. The van der Waals surface area contributed by atoms with E-state index in [0.717, 1.165) is 11.7 Å². The average molecular weight is 246 g/mol. The maximum Gasteiger partial charge on any atom is 0.0758 e. The topological polar surface area (TPSA) is 32.3 Å². The van der Waals surface area contributed by atoms with E-state index in [9.17, 15) is 0 Å². The van der Waals surface area contributed by atoms with Gasteiger partial charge >= 0.3 is 0 Å². The van der Waals surface area contributed by atoms with Gasteiger partial charge in [0.2, 0.25) is 0 Å². The van der Waals surface area contributed by atoms with Crippen LogP contribution >= 0.6 is 0 Å². The van der Waals surface area contributed by atoms with Gasteiger partial charge in [0.05, 0.1) is 11.7 Å². The molecule has 0 aromatic carbocycles. The van der Waals surface area contributed by atoms with Crippen LogP contribution in [0.4, 0.5) is 0 Å². The maximum atomic E-state index is 4.51. The lowest BCUT2D eigenvalue weighted by Gasteiger charge is -2.38. The van der Waals surface area contributed by atoms with Gasteiger partial charge in [-0.3, -0.25) is 14.9 Å². The summed E-state index contributed by atoms with van der Waals surface area (Å²) in [5, 5.41) is 0. The van der Waals surface area contributed by atoms with Crippen LogP contribution in [0.3, 0.4) is 0 Å². The van der Waals surface area contributed by atoms with Gasteiger partial charge in [0, 0.05) is 24.6 Å². The molecule has 0 unspecified atom stereocenters. The lowest BCUT2D eigenvalue weighted by atomic mass is 10.0. The quantitative estimate of drug-likeness (QED) is 0.795. The van der Waals surface area contributed by atoms with Gasteiger partial charge in [0.25, 0.3) is 0 Å². The van der Waals surface area contributed by atoms with Crippen LogP contribution in [0.25, 0.3) is 0 Å². The van der Waals surface area contributed by atoms with E-state index in [1.54, 1.807) is 6.20 Å². The van der Waals surface area contributed by atoms with Crippen LogP contribution in [0, 0.1) is 0 Å². The Bertz CT molecular complexity index is 373. The summed E-state index contributed by atoms with van der Waals surface area (Å²) in [7, 11) is 2.22. The zero-order valence-electron chi connectivity index (χ0n) is 11.1. The van der Waals surface area contributed by atoms with E-state index in [1.165, 1.54) is 45.3 Å². The number of hydrogen-bond donors (Lipinski definition) is 0. The highest BCUT2D eigenvalue weighted by Gasteiger charge is 2.33. The molecule has 98 valence electrons. The Morgan fingerprint density at radius 3 is 2.67 bits per heavy atom. The van der Waals surface area contributed by atoms with Crippen molar-refractivity contribution in [1.82, 2.24) is 19.8 Å². The second kappa shape index (κ2) is 5.33. The summed E-state index contributed by atoms with van der Waals surface area (Å²) in [5.41, 5.74) is 1.16. The molecule has 1 aromatic heterocycles. The first-order valence-electron chi connectivity index (χ1n) is 7.05. The molecule has 0 aliphatic carbocycles. The van der Waals surface area contributed by atoms with Crippen LogP contribution in [0.2, 0.25) is 0 Å². The van der Waals surface area contributed by atoms with Crippen LogP contribution in [0.15, 0.2) is 18.6 Å². The van der Waals surface area contributed by atoms with Crippen molar-refractivity contribution in [3.05, 3.63) is 24.3 Å². The highest BCUT2D eigenvalue weighted by molar-refractivity contribution is 5.06. The van der Waals surface area contributed by atoms with E-state index in [-0.39, 0.29) is 0 Å². The summed E-state index contributed by atoms with van der Waals surface area (Å²) in [4.78, 5) is 13.8. The molecule has 0 bridgehead atoms. The summed E-state index contributed by atoms with van der Waals surface area (Å²) in [6.45, 7) is 3.69. The van der Waals surface area contributed by atoms with Crippen LogP contribution in [0.1, 0.15) is 37.4 Å².